The first-order chi connectivity index (χ1) is 16.1. The minimum absolute atomic E-state index is 0.131. The fraction of sp³-hybridized carbons (Fsp3) is 0.429. The van der Waals surface area contributed by atoms with Gasteiger partial charge in [0.15, 0.2) is 0 Å². The van der Waals surface area contributed by atoms with Crippen LogP contribution in [0.15, 0.2) is 83.1 Å². The standard InChI is InChI=1S/C28H38N4Si2/c1-33(2,3)21-27(25-15-7-9-17-29-25)23(13-11-19-31-27)24-14-12-20-32-28(24,22-34(4,5)6)26-16-8-10-18-30-26/h7-20,23-24H,21-22H2,1-6H3. The van der Waals surface area contributed by atoms with Gasteiger partial charge in [0.25, 0.3) is 0 Å². The molecule has 0 fully saturated rings. The van der Waals surface area contributed by atoms with E-state index in [1.807, 2.05) is 37.0 Å². The van der Waals surface area contributed by atoms with Crippen molar-refractivity contribution in [2.45, 2.75) is 62.4 Å². The number of rotatable bonds is 7. The van der Waals surface area contributed by atoms with Gasteiger partial charge in [-0.25, -0.2) is 0 Å². The Balaban J connectivity index is 1.94. The molecule has 0 bridgehead atoms. The lowest BCUT2D eigenvalue weighted by Crippen LogP contribution is -2.51. The SMILES string of the molecule is C[Si](C)(C)CC1(c2ccccn2)N=CC=CC1C1C=CC=NC1(C[Si](C)(C)C)c1ccccn1. The summed E-state index contributed by atoms with van der Waals surface area (Å²) in [6.07, 6.45) is 16.8. The molecule has 4 atom stereocenters. The van der Waals surface area contributed by atoms with Crippen LogP contribution in [-0.2, 0) is 11.1 Å². The van der Waals surface area contributed by atoms with Gasteiger partial charge < -0.3 is 0 Å². The quantitative estimate of drug-likeness (QED) is 0.406. The van der Waals surface area contributed by atoms with Crippen molar-refractivity contribution in [3.8, 4) is 0 Å². The molecule has 0 amide bonds. The highest BCUT2D eigenvalue weighted by Gasteiger charge is 2.54. The van der Waals surface area contributed by atoms with Crippen LogP contribution in [-0.4, -0.2) is 38.5 Å². The predicted molar refractivity (Wildman–Crippen MR) is 150 cm³/mol. The van der Waals surface area contributed by atoms with E-state index in [0.29, 0.717) is 0 Å². The highest BCUT2D eigenvalue weighted by molar-refractivity contribution is 6.76. The smallest absolute Gasteiger partial charge is 0.107 e. The molecule has 0 saturated carbocycles. The number of allylic oxidation sites excluding steroid dienone is 2. The highest BCUT2D eigenvalue weighted by atomic mass is 28.3. The molecule has 4 unspecified atom stereocenters. The molecule has 0 radical (unpaired) electrons. The van der Waals surface area contributed by atoms with Gasteiger partial charge in [-0.2, -0.15) is 0 Å². The predicted octanol–water partition coefficient (Wildman–Crippen LogP) is 6.76. The summed E-state index contributed by atoms with van der Waals surface area (Å²) >= 11 is 0. The molecule has 4 heterocycles. The Morgan fingerprint density at radius 1 is 0.647 bits per heavy atom. The van der Waals surface area contributed by atoms with E-state index < -0.39 is 27.2 Å². The van der Waals surface area contributed by atoms with Crippen molar-refractivity contribution in [3.63, 3.8) is 0 Å². The van der Waals surface area contributed by atoms with Crippen molar-refractivity contribution < 1.29 is 0 Å². The van der Waals surface area contributed by atoms with E-state index in [4.69, 9.17) is 20.0 Å². The van der Waals surface area contributed by atoms with Gasteiger partial charge in [-0.05, 0) is 48.5 Å². The Hall–Kier alpha value is -2.45. The van der Waals surface area contributed by atoms with Crippen LogP contribution < -0.4 is 0 Å². The molecule has 0 saturated heterocycles. The maximum absolute atomic E-state index is 5.29. The second kappa shape index (κ2) is 9.30. The minimum atomic E-state index is -1.53. The van der Waals surface area contributed by atoms with Crippen LogP contribution in [0.3, 0.4) is 0 Å². The molecule has 2 aliphatic heterocycles. The summed E-state index contributed by atoms with van der Waals surface area (Å²) < 4.78 is 0. The molecule has 34 heavy (non-hydrogen) atoms. The molecule has 2 aromatic heterocycles. The first-order valence-corrected chi connectivity index (χ1v) is 19.7. The van der Waals surface area contributed by atoms with Gasteiger partial charge in [0.05, 0.1) is 11.4 Å². The summed E-state index contributed by atoms with van der Waals surface area (Å²) in [7, 11) is -3.07. The Labute approximate surface area is 207 Å². The Bertz CT molecular complexity index is 1010. The van der Waals surface area contributed by atoms with Crippen molar-refractivity contribution in [1.82, 2.24) is 9.97 Å². The van der Waals surface area contributed by atoms with Crippen molar-refractivity contribution in [1.29, 1.82) is 0 Å². The largest absolute Gasteiger partial charge is 0.280 e. The van der Waals surface area contributed by atoms with Crippen LogP contribution in [0, 0.1) is 11.8 Å². The number of pyridine rings is 2. The average Bonchev–Trinajstić information content (AvgIpc) is 2.79. The Morgan fingerprint density at radius 3 is 1.38 bits per heavy atom. The summed E-state index contributed by atoms with van der Waals surface area (Å²) in [5.41, 5.74) is 1.30. The number of hydrogen-bond acceptors (Lipinski definition) is 4. The van der Waals surface area contributed by atoms with E-state index >= 15 is 0 Å². The van der Waals surface area contributed by atoms with Gasteiger partial charge in [-0.1, -0.05) is 63.6 Å². The third-order valence-corrected chi connectivity index (χ3v) is 9.92. The maximum Gasteiger partial charge on any atom is 0.107 e. The lowest BCUT2D eigenvalue weighted by molar-refractivity contribution is 0.198. The van der Waals surface area contributed by atoms with Crippen molar-refractivity contribution in [2.75, 3.05) is 0 Å². The van der Waals surface area contributed by atoms with Crippen LogP contribution in [0.1, 0.15) is 11.4 Å². The third kappa shape index (κ3) is 4.98. The van der Waals surface area contributed by atoms with E-state index in [0.717, 1.165) is 23.5 Å². The number of nitrogens with zero attached hydrogens (tertiary/aromatic N) is 4. The maximum atomic E-state index is 5.29. The second-order valence-corrected chi connectivity index (χ2v) is 23.1. The monoisotopic (exact) mass is 486 g/mol. The van der Waals surface area contributed by atoms with Crippen LogP contribution >= 0.6 is 0 Å². The summed E-state index contributed by atoms with van der Waals surface area (Å²) in [5, 5.41) is 0. The van der Waals surface area contributed by atoms with E-state index in [1.54, 1.807) is 0 Å². The normalized spacial score (nSPS) is 28.9. The van der Waals surface area contributed by atoms with Gasteiger partial charge >= 0.3 is 0 Å². The lowest BCUT2D eigenvalue weighted by atomic mass is 9.65. The first kappa shape index (κ1) is 24.7. The van der Waals surface area contributed by atoms with Gasteiger partial charge in [0.1, 0.15) is 11.1 Å². The van der Waals surface area contributed by atoms with E-state index in [9.17, 15) is 0 Å². The van der Waals surface area contributed by atoms with Crippen LogP contribution in [0.4, 0.5) is 0 Å². The molecule has 4 nitrogen and oxygen atoms in total. The molecule has 178 valence electrons. The summed E-state index contributed by atoms with van der Waals surface area (Å²) in [6.45, 7) is 14.6. The van der Waals surface area contributed by atoms with E-state index in [1.165, 1.54) is 0 Å². The summed E-state index contributed by atoms with van der Waals surface area (Å²) in [6, 6.07) is 14.6. The molecule has 6 heteroatoms. The van der Waals surface area contributed by atoms with Gasteiger partial charge in [-0.3, -0.25) is 20.0 Å². The molecular weight excluding hydrogens is 449 g/mol. The number of dihydropyridines is 2. The van der Waals surface area contributed by atoms with Crippen molar-refractivity contribution >= 4 is 28.6 Å². The molecule has 2 aromatic rings. The van der Waals surface area contributed by atoms with Gasteiger partial charge in [0.2, 0.25) is 0 Å². The fourth-order valence-electron chi connectivity index (χ4n) is 5.85. The van der Waals surface area contributed by atoms with Crippen LogP contribution in [0.25, 0.3) is 0 Å². The first-order valence-electron chi connectivity index (χ1n) is 12.3. The zero-order chi connectivity index (χ0) is 24.5. The van der Waals surface area contributed by atoms with Crippen molar-refractivity contribution in [3.05, 3.63) is 84.5 Å². The second-order valence-electron chi connectivity index (χ2n) is 12.1. The van der Waals surface area contributed by atoms with Crippen LogP contribution in [0.2, 0.25) is 51.4 Å². The fourth-order valence-corrected chi connectivity index (χ4v) is 10.1. The Kier molecular flexibility index (Phi) is 6.75. The van der Waals surface area contributed by atoms with Gasteiger partial charge in [-0.15, -0.1) is 0 Å². The summed E-state index contributed by atoms with van der Waals surface area (Å²) in [5.74, 6) is 0.261. The molecule has 0 N–H and O–H groups in total. The van der Waals surface area contributed by atoms with Crippen LogP contribution in [0.5, 0.6) is 0 Å². The number of aliphatic imine (C=N–C) groups is 2. The highest BCUT2D eigenvalue weighted by Crippen LogP contribution is 2.54. The third-order valence-electron chi connectivity index (χ3n) is 6.73. The molecule has 0 spiro atoms. The molecule has 4 rings (SSSR count). The number of aromatic nitrogens is 2. The van der Waals surface area contributed by atoms with E-state index in [-0.39, 0.29) is 11.8 Å². The number of hydrogen-bond donors (Lipinski definition) is 0. The van der Waals surface area contributed by atoms with Crippen molar-refractivity contribution in [2.24, 2.45) is 21.8 Å². The van der Waals surface area contributed by atoms with Gasteiger partial charge in [0, 0.05) is 52.8 Å². The lowest BCUT2D eigenvalue weighted by Gasteiger charge is -2.50. The molecule has 2 aliphatic rings. The zero-order valence-corrected chi connectivity index (χ0v) is 23.4. The zero-order valence-electron chi connectivity index (χ0n) is 21.4. The topological polar surface area (TPSA) is 50.5 Å². The Morgan fingerprint density at radius 2 is 1.06 bits per heavy atom. The molecular formula is C28H38N4Si2. The summed E-state index contributed by atoms with van der Waals surface area (Å²) in [4.78, 5) is 20.4. The minimum Gasteiger partial charge on any atom is -0.280 e. The molecule has 0 aromatic carbocycles. The average molecular weight is 487 g/mol. The van der Waals surface area contributed by atoms with E-state index in [2.05, 4.69) is 87.9 Å². The molecule has 0 aliphatic carbocycles.